The second-order valence-corrected chi connectivity index (χ2v) is 4.95. The van der Waals surface area contributed by atoms with Crippen molar-refractivity contribution in [3.63, 3.8) is 0 Å². The fourth-order valence-corrected chi connectivity index (χ4v) is 2.18. The second-order valence-electron chi connectivity index (χ2n) is 4.95. The first kappa shape index (κ1) is 13.5. The van der Waals surface area contributed by atoms with Crippen molar-refractivity contribution in [2.24, 2.45) is 5.73 Å². The summed E-state index contributed by atoms with van der Waals surface area (Å²) in [5, 5.41) is 4.00. The van der Waals surface area contributed by atoms with Crippen molar-refractivity contribution < 1.29 is 4.52 Å². The van der Waals surface area contributed by atoms with Crippen LogP contribution in [0.25, 0.3) is 11.4 Å². The minimum absolute atomic E-state index is 0.241. The van der Waals surface area contributed by atoms with Gasteiger partial charge in [0.25, 0.3) is 0 Å². The summed E-state index contributed by atoms with van der Waals surface area (Å²) in [7, 11) is 0. The highest BCUT2D eigenvalue weighted by atomic mass is 16.5. The van der Waals surface area contributed by atoms with Crippen LogP contribution in [-0.2, 0) is 6.42 Å². The fourth-order valence-electron chi connectivity index (χ4n) is 2.18. The number of benzene rings is 2. The number of nitrogens with zero attached hydrogens (tertiary/aromatic N) is 2. The molecule has 0 fully saturated rings. The molecule has 3 rings (SSSR count). The van der Waals surface area contributed by atoms with Gasteiger partial charge in [-0.3, -0.25) is 0 Å². The molecule has 0 amide bonds. The zero-order valence-electron chi connectivity index (χ0n) is 11.6. The quantitative estimate of drug-likeness (QED) is 0.777. The van der Waals surface area contributed by atoms with E-state index >= 15 is 0 Å². The lowest BCUT2D eigenvalue weighted by atomic mass is 10.1. The van der Waals surface area contributed by atoms with E-state index in [1.54, 1.807) is 0 Å². The number of hydrogen-bond acceptors (Lipinski definition) is 4. The molecular formula is C17H17N3O. The van der Waals surface area contributed by atoms with Gasteiger partial charge >= 0.3 is 0 Å². The molecule has 0 aliphatic rings. The lowest BCUT2D eigenvalue weighted by Crippen LogP contribution is -2.11. The van der Waals surface area contributed by atoms with Gasteiger partial charge in [-0.05, 0) is 18.4 Å². The lowest BCUT2D eigenvalue weighted by Gasteiger charge is -2.06. The van der Waals surface area contributed by atoms with Crippen molar-refractivity contribution in [1.29, 1.82) is 0 Å². The molecular weight excluding hydrogens is 262 g/mol. The summed E-state index contributed by atoms with van der Waals surface area (Å²) < 4.78 is 5.28. The predicted octanol–water partition coefficient (Wildman–Crippen LogP) is 3.37. The van der Waals surface area contributed by atoms with Crippen molar-refractivity contribution in [3.8, 4) is 11.4 Å². The van der Waals surface area contributed by atoms with Gasteiger partial charge in [0, 0.05) is 5.56 Å². The second kappa shape index (κ2) is 6.33. The molecule has 1 heterocycles. The molecule has 21 heavy (non-hydrogen) atoms. The molecule has 0 aliphatic carbocycles. The molecule has 0 saturated heterocycles. The maximum absolute atomic E-state index is 6.14. The predicted molar refractivity (Wildman–Crippen MR) is 81.4 cm³/mol. The van der Waals surface area contributed by atoms with Crippen LogP contribution >= 0.6 is 0 Å². The fraction of sp³-hybridized carbons (Fsp3) is 0.176. The molecule has 0 radical (unpaired) electrons. The van der Waals surface area contributed by atoms with Crippen LogP contribution in [0.4, 0.5) is 0 Å². The van der Waals surface area contributed by atoms with E-state index in [2.05, 4.69) is 22.3 Å². The van der Waals surface area contributed by atoms with Gasteiger partial charge in [0.15, 0.2) is 0 Å². The van der Waals surface area contributed by atoms with E-state index in [4.69, 9.17) is 10.3 Å². The Labute approximate surface area is 123 Å². The number of nitrogens with two attached hydrogens (primary N) is 1. The molecule has 2 N–H and O–H groups in total. The van der Waals surface area contributed by atoms with Crippen molar-refractivity contribution in [3.05, 3.63) is 72.1 Å². The van der Waals surface area contributed by atoms with E-state index in [1.807, 2.05) is 48.5 Å². The molecule has 2 aromatic carbocycles. The van der Waals surface area contributed by atoms with Gasteiger partial charge in [0.2, 0.25) is 11.7 Å². The zero-order chi connectivity index (χ0) is 14.5. The maximum atomic E-state index is 6.14. The van der Waals surface area contributed by atoms with Crippen molar-refractivity contribution in [2.45, 2.75) is 18.9 Å². The van der Waals surface area contributed by atoms with Crippen LogP contribution in [0.2, 0.25) is 0 Å². The summed E-state index contributed by atoms with van der Waals surface area (Å²) in [6.45, 7) is 0. The summed E-state index contributed by atoms with van der Waals surface area (Å²) in [6.07, 6.45) is 1.67. The minimum Gasteiger partial charge on any atom is -0.337 e. The molecule has 0 bridgehead atoms. The minimum atomic E-state index is -0.241. The summed E-state index contributed by atoms with van der Waals surface area (Å²) in [6, 6.07) is 19.8. The molecule has 4 nitrogen and oxygen atoms in total. The van der Waals surface area contributed by atoms with Crippen LogP contribution in [0.5, 0.6) is 0 Å². The number of rotatable bonds is 5. The molecule has 3 aromatic rings. The van der Waals surface area contributed by atoms with Gasteiger partial charge in [-0.1, -0.05) is 65.8 Å². The highest BCUT2D eigenvalue weighted by Crippen LogP contribution is 2.20. The van der Waals surface area contributed by atoms with Crippen LogP contribution in [0.15, 0.2) is 65.2 Å². The third kappa shape index (κ3) is 3.35. The van der Waals surface area contributed by atoms with Crippen molar-refractivity contribution >= 4 is 0 Å². The molecule has 1 atom stereocenters. The Hall–Kier alpha value is -2.46. The first-order chi connectivity index (χ1) is 10.3. The van der Waals surface area contributed by atoms with Crippen LogP contribution in [0.3, 0.4) is 0 Å². The first-order valence-electron chi connectivity index (χ1n) is 7.01. The number of hydrogen-bond donors (Lipinski definition) is 1. The largest absolute Gasteiger partial charge is 0.337 e. The third-order valence-electron chi connectivity index (χ3n) is 3.38. The molecule has 0 aliphatic heterocycles. The summed E-state index contributed by atoms with van der Waals surface area (Å²) in [4.78, 5) is 4.39. The molecule has 0 saturated carbocycles. The van der Waals surface area contributed by atoms with E-state index in [1.165, 1.54) is 5.56 Å². The van der Waals surface area contributed by atoms with Gasteiger partial charge in [-0.15, -0.1) is 0 Å². The maximum Gasteiger partial charge on any atom is 0.243 e. The monoisotopic (exact) mass is 279 g/mol. The van der Waals surface area contributed by atoms with E-state index in [9.17, 15) is 0 Å². The van der Waals surface area contributed by atoms with Gasteiger partial charge in [-0.2, -0.15) is 4.98 Å². The zero-order valence-corrected chi connectivity index (χ0v) is 11.6. The Morgan fingerprint density at radius 3 is 2.33 bits per heavy atom. The Kier molecular flexibility index (Phi) is 4.07. The molecule has 106 valence electrons. The number of aryl methyl sites for hydroxylation is 1. The van der Waals surface area contributed by atoms with E-state index in [0.29, 0.717) is 11.7 Å². The average molecular weight is 279 g/mol. The normalized spacial score (nSPS) is 12.2. The van der Waals surface area contributed by atoms with Crippen LogP contribution in [0.1, 0.15) is 23.9 Å². The van der Waals surface area contributed by atoms with E-state index < -0.39 is 0 Å². The SMILES string of the molecule is N[C@@H](CCc1ccccc1)c1nc(-c2ccccc2)no1. The highest BCUT2D eigenvalue weighted by molar-refractivity contribution is 5.53. The smallest absolute Gasteiger partial charge is 0.243 e. The molecule has 1 aromatic heterocycles. The Balaban J connectivity index is 1.66. The topological polar surface area (TPSA) is 64.9 Å². The lowest BCUT2D eigenvalue weighted by molar-refractivity contribution is 0.349. The molecule has 4 heteroatoms. The Morgan fingerprint density at radius 2 is 1.62 bits per heavy atom. The van der Waals surface area contributed by atoms with E-state index in [0.717, 1.165) is 18.4 Å². The summed E-state index contributed by atoms with van der Waals surface area (Å²) in [5.41, 5.74) is 8.33. The summed E-state index contributed by atoms with van der Waals surface area (Å²) >= 11 is 0. The molecule has 0 unspecified atom stereocenters. The van der Waals surface area contributed by atoms with Gasteiger partial charge < -0.3 is 10.3 Å². The van der Waals surface area contributed by atoms with Crippen LogP contribution < -0.4 is 5.73 Å². The van der Waals surface area contributed by atoms with Gasteiger partial charge in [0.1, 0.15) is 0 Å². The highest BCUT2D eigenvalue weighted by Gasteiger charge is 2.15. The van der Waals surface area contributed by atoms with Crippen molar-refractivity contribution in [1.82, 2.24) is 10.1 Å². The Bertz CT molecular complexity index is 680. The van der Waals surface area contributed by atoms with E-state index in [-0.39, 0.29) is 6.04 Å². The van der Waals surface area contributed by atoms with Gasteiger partial charge in [-0.25, -0.2) is 0 Å². The van der Waals surface area contributed by atoms with Gasteiger partial charge in [0.05, 0.1) is 6.04 Å². The van der Waals surface area contributed by atoms with Crippen molar-refractivity contribution in [2.75, 3.05) is 0 Å². The van der Waals surface area contributed by atoms with Crippen LogP contribution in [0, 0.1) is 0 Å². The van der Waals surface area contributed by atoms with Crippen LogP contribution in [-0.4, -0.2) is 10.1 Å². The standard InChI is InChI=1S/C17H17N3O/c18-15(12-11-13-7-3-1-4-8-13)17-19-16(20-21-17)14-9-5-2-6-10-14/h1-10,15H,11-12,18H2/t15-/m0/s1. The summed E-state index contributed by atoms with van der Waals surface area (Å²) in [5.74, 6) is 1.07. The Morgan fingerprint density at radius 1 is 0.952 bits per heavy atom. The molecule has 0 spiro atoms. The number of aromatic nitrogens is 2. The average Bonchev–Trinajstić information content (AvgIpc) is 3.04. The first-order valence-corrected chi connectivity index (χ1v) is 7.01. The third-order valence-corrected chi connectivity index (χ3v) is 3.38.